The van der Waals surface area contributed by atoms with Gasteiger partial charge in [0.15, 0.2) is 5.16 Å². The summed E-state index contributed by atoms with van der Waals surface area (Å²) in [5, 5.41) is 3.89. The zero-order valence-corrected chi connectivity index (χ0v) is 18.3. The molecule has 0 radical (unpaired) electrons. The average molecular weight is 447 g/mol. The number of rotatable bonds is 8. The van der Waals surface area contributed by atoms with Crippen LogP contribution in [-0.4, -0.2) is 32.8 Å². The summed E-state index contributed by atoms with van der Waals surface area (Å²) in [7, 11) is 0. The molecule has 1 N–H and O–H groups in total. The molecule has 0 aliphatic rings. The molecule has 0 fully saturated rings. The smallest absolute Gasteiger partial charge is 0.262 e. The van der Waals surface area contributed by atoms with Crippen molar-refractivity contribution in [3.63, 3.8) is 0 Å². The number of hydrogen-bond acceptors (Lipinski definition) is 6. The molecular weight excluding hydrogens is 424 g/mol. The van der Waals surface area contributed by atoms with E-state index in [1.54, 1.807) is 35.2 Å². The standard InChI is InChI=1S/C24H22N4O3S/c1-2-31-21-12-6-5-11-20(21)26-22(29)16-32-24-27-19-10-4-3-9-18(19)23(30)28(24)15-17-8-7-13-25-14-17/h3-14H,2,15-16H2,1H3,(H,26,29). The maximum Gasteiger partial charge on any atom is 0.262 e. The van der Waals surface area contributed by atoms with E-state index in [2.05, 4.69) is 15.3 Å². The van der Waals surface area contributed by atoms with Gasteiger partial charge in [-0.3, -0.25) is 19.1 Å². The Hall–Kier alpha value is -3.65. The SMILES string of the molecule is CCOc1ccccc1NC(=O)CSc1nc2ccccc2c(=O)n1Cc1cccnc1. The van der Waals surface area contributed by atoms with Gasteiger partial charge in [0.2, 0.25) is 5.91 Å². The van der Waals surface area contributed by atoms with Crippen LogP contribution in [0.5, 0.6) is 5.75 Å². The monoisotopic (exact) mass is 446 g/mol. The van der Waals surface area contributed by atoms with Crippen LogP contribution >= 0.6 is 11.8 Å². The molecule has 2 aromatic carbocycles. The first-order chi connectivity index (χ1) is 15.7. The fourth-order valence-corrected chi connectivity index (χ4v) is 4.04. The number of ether oxygens (including phenoxy) is 1. The van der Waals surface area contributed by atoms with E-state index in [9.17, 15) is 9.59 Å². The summed E-state index contributed by atoms with van der Waals surface area (Å²) in [4.78, 5) is 34.6. The third-order valence-electron chi connectivity index (χ3n) is 4.68. The second kappa shape index (κ2) is 10.1. The number of carbonyl (C=O) groups is 1. The summed E-state index contributed by atoms with van der Waals surface area (Å²) in [6.07, 6.45) is 3.40. The normalized spacial score (nSPS) is 10.8. The number of benzene rings is 2. The van der Waals surface area contributed by atoms with Gasteiger partial charge in [0.1, 0.15) is 5.75 Å². The van der Waals surface area contributed by atoms with Crippen molar-refractivity contribution in [3.8, 4) is 5.75 Å². The van der Waals surface area contributed by atoms with Crippen LogP contribution in [0, 0.1) is 0 Å². The van der Waals surface area contributed by atoms with E-state index < -0.39 is 0 Å². The Balaban J connectivity index is 1.59. The summed E-state index contributed by atoms with van der Waals surface area (Å²) in [5.74, 6) is 0.501. The number of hydrogen-bond donors (Lipinski definition) is 1. The molecule has 0 bridgehead atoms. The highest BCUT2D eigenvalue weighted by atomic mass is 32.2. The van der Waals surface area contributed by atoms with Crippen molar-refractivity contribution < 1.29 is 9.53 Å². The Morgan fingerprint density at radius 1 is 1.09 bits per heavy atom. The van der Waals surface area contributed by atoms with Gasteiger partial charge in [-0.25, -0.2) is 4.98 Å². The zero-order chi connectivity index (χ0) is 22.3. The van der Waals surface area contributed by atoms with E-state index in [-0.39, 0.29) is 17.2 Å². The molecular formula is C24H22N4O3S. The fraction of sp³-hybridized carbons (Fsp3) is 0.167. The highest BCUT2D eigenvalue weighted by Crippen LogP contribution is 2.25. The highest BCUT2D eigenvalue weighted by molar-refractivity contribution is 7.99. The number of aromatic nitrogens is 3. The zero-order valence-electron chi connectivity index (χ0n) is 17.5. The molecule has 162 valence electrons. The Morgan fingerprint density at radius 3 is 2.72 bits per heavy atom. The van der Waals surface area contributed by atoms with Gasteiger partial charge >= 0.3 is 0 Å². The molecule has 0 unspecified atom stereocenters. The van der Waals surface area contributed by atoms with Crippen molar-refractivity contribution in [1.82, 2.24) is 14.5 Å². The average Bonchev–Trinajstić information content (AvgIpc) is 2.82. The van der Waals surface area contributed by atoms with Gasteiger partial charge < -0.3 is 10.1 Å². The van der Waals surface area contributed by atoms with Crippen LogP contribution in [0.1, 0.15) is 12.5 Å². The largest absolute Gasteiger partial charge is 0.492 e. The highest BCUT2D eigenvalue weighted by Gasteiger charge is 2.15. The minimum atomic E-state index is -0.211. The summed E-state index contributed by atoms with van der Waals surface area (Å²) in [6, 6.07) is 18.2. The van der Waals surface area contributed by atoms with Gasteiger partial charge in [-0.2, -0.15) is 0 Å². The van der Waals surface area contributed by atoms with E-state index in [1.807, 2.05) is 49.4 Å². The molecule has 0 aliphatic heterocycles. The molecule has 0 spiro atoms. The Bertz CT molecular complexity index is 1290. The predicted octanol–water partition coefficient (Wildman–Crippen LogP) is 3.97. The molecule has 4 rings (SSSR count). The summed E-state index contributed by atoms with van der Waals surface area (Å²) in [6.45, 7) is 2.71. The predicted molar refractivity (Wildman–Crippen MR) is 126 cm³/mol. The Kier molecular flexibility index (Phi) is 6.81. The Labute approximate surface area is 189 Å². The third kappa shape index (κ3) is 4.97. The minimum Gasteiger partial charge on any atom is -0.492 e. The summed E-state index contributed by atoms with van der Waals surface area (Å²) < 4.78 is 7.15. The molecule has 32 heavy (non-hydrogen) atoms. The van der Waals surface area contributed by atoms with Crippen LogP contribution < -0.4 is 15.6 Å². The van der Waals surface area contributed by atoms with Crippen LogP contribution in [0.2, 0.25) is 0 Å². The second-order valence-corrected chi connectivity index (χ2v) is 7.87. The van der Waals surface area contributed by atoms with Crippen molar-refractivity contribution in [3.05, 3.63) is 89.0 Å². The molecule has 2 heterocycles. The van der Waals surface area contributed by atoms with Crippen LogP contribution in [-0.2, 0) is 11.3 Å². The van der Waals surface area contributed by atoms with Crippen molar-refractivity contribution >= 4 is 34.3 Å². The number of carbonyl (C=O) groups excluding carboxylic acids is 1. The van der Waals surface area contributed by atoms with Gasteiger partial charge in [0.25, 0.3) is 5.56 Å². The maximum absolute atomic E-state index is 13.2. The van der Waals surface area contributed by atoms with Gasteiger partial charge in [-0.15, -0.1) is 0 Å². The summed E-state index contributed by atoms with van der Waals surface area (Å²) in [5.41, 5.74) is 1.94. The van der Waals surface area contributed by atoms with E-state index in [1.165, 1.54) is 11.8 Å². The van der Waals surface area contributed by atoms with E-state index in [0.29, 0.717) is 40.6 Å². The third-order valence-corrected chi connectivity index (χ3v) is 5.66. The van der Waals surface area contributed by atoms with Crippen LogP contribution in [0.4, 0.5) is 5.69 Å². The van der Waals surface area contributed by atoms with E-state index in [0.717, 1.165) is 5.56 Å². The molecule has 4 aromatic rings. The number of pyridine rings is 1. The number of fused-ring (bicyclic) bond motifs is 1. The topological polar surface area (TPSA) is 86.1 Å². The van der Waals surface area contributed by atoms with Crippen molar-refractivity contribution in [2.24, 2.45) is 0 Å². The van der Waals surface area contributed by atoms with Gasteiger partial charge in [0, 0.05) is 12.4 Å². The number of amides is 1. The van der Waals surface area contributed by atoms with Crippen LogP contribution in [0.3, 0.4) is 0 Å². The summed E-state index contributed by atoms with van der Waals surface area (Å²) >= 11 is 1.22. The van der Waals surface area contributed by atoms with Gasteiger partial charge in [0.05, 0.1) is 35.5 Å². The second-order valence-electron chi connectivity index (χ2n) is 6.93. The molecule has 0 atom stereocenters. The maximum atomic E-state index is 13.2. The Morgan fingerprint density at radius 2 is 1.91 bits per heavy atom. The number of anilines is 1. The number of nitrogens with one attached hydrogen (secondary N) is 1. The van der Waals surface area contributed by atoms with E-state index >= 15 is 0 Å². The lowest BCUT2D eigenvalue weighted by Gasteiger charge is -2.14. The first-order valence-electron chi connectivity index (χ1n) is 10.2. The van der Waals surface area contributed by atoms with Gasteiger partial charge in [-0.1, -0.05) is 42.1 Å². The lowest BCUT2D eigenvalue weighted by Crippen LogP contribution is -2.25. The van der Waals surface area contributed by atoms with Crippen LogP contribution in [0.25, 0.3) is 10.9 Å². The number of nitrogens with zero attached hydrogens (tertiary/aromatic N) is 3. The minimum absolute atomic E-state index is 0.0955. The lowest BCUT2D eigenvalue weighted by atomic mass is 10.2. The molecule has 0 saturated carbocycles. The van der Waals surface area contributed by atoms with Gasteiger partial charge in [-0.05, 0) is 42.8 Å². The van der Waals surface area contributed by atoms with E-state index in [4.69, 9.17) is 4.74 Å². The van der Waals surface area contributed by atoms with Crippen LogP contribution in [0.15, 0.2) is 83.0 Å². The lowest BCUT2D eigenvalue weighted by molar-refractivity contribution is -0.113. The number of para-hydroxylation sites is 3. The molecule has 1 amide bonds. The molecule has 0 aliphatic carbocycles. The van der Waals surface area contributed by atoms with Crippen molar-refractivity contribution in [2.45, 2.75) is 18.6 Å². The number of thioether (sulfide) groups is 1. The van der Waals surface area contributed by atoms with Crippen molar-refractivity contribution in [1.29, 1.82) is 0 Å². The molecule has 7 nitrogen and oxygen atoms in total. The van der Waals surface area contributed by atoms with Crippen molar-refractivity contribution in [2.75, 3.05) is 17.7 Å². The first-order valence-corrected chi connectivity index (χ1v) is 11.2. The molecule has 2 aromatic heterocycles. The quantitative estimate of drug-likeness (QED) is 0.326. The first kappa shape index (κ1) is 21.6. The fourth-order valence-electron chi connectivity index (χ4n) is 3.24. The molecule has 0 saturated heterocycles. The molecule has 8 heteroatoms.